The highest BCUT2D eigenvalue weighted by molar-refractivity contribution is 5.22. The maximum Gasteiger partial charge on any atom is 0.0678 e. The number of aryl methyl sites for hydroxylation is 2. The van der Waals surface area contributed by atoms with Crippen LogP contribution in [0.15, 0.2) is 0 Å². The van der Waals surface area contributed by atoms with Crippen molar-refractivity contribution < 1.29 is 4.74 Å². The summed E-state index contributed by atoms with van der Waals surface area (Å²) in [6, 6.07) is 0. The van der Waals surface area contributed by atoms with Crippen LogP contribution in [-0.2, 0) is 11.3 Å². The SMILES string of the molecule is Cc1n[nH]c(C)c1CNCC(C)(C)N1CC(C)OC(C)C1. The zero-order valence-electron chi connectivity index (χ0n) is 14.3. The Morgan fingerprint density at radius 2 is 1.90 bits per heavy atom. The summed E-state index contributed by atoms with van der Waals surface area (Å²) in [6.45, 7) is 16.9. The van der Waals surface area contributed by atoms with Gasteiger partial charge in [0.15, 0.2) is 0 Å². The van der Waals surface area contributed by atoms with Crippen molar-refractivity contribution in [2.45, 2.75) is 65.8 Å². The van der Waals surface area contributed by atoms with Crippen LogP contribution in [-0.4, -0.2) is 52.5 Å². The van der Waals surface area contributed by atoms with Crippen LogP contribution in [0, 0.1) is 13.8 Å². The first kappa shape index (κ1) is 16.5. The van der Waals surface area contributed by atoms with Gasteiger partial charge in [-0.05, 0) is 41.5 Å². The summed E-state index contributed by atoms with van der Waals surface area (Å²) in [5, 5.41) is 10.9. The average molecular weight is 294 g/mol. The third-order valence-corrected chi connectivity index (χ3v) is 4.42. The van der Waals surface area contributed by atoms with Crippen molar-refractivity contribution in [3.05, 3.63) is 17.0 Å². The van der Waals surface area contributed by atoms with E-state index < -0.39 is 0 Å². The van der Waals surface area contributed by atoms with E-state index in [1.165, 1.54) is 5.56 Å². The Labute approximate surface area is 128 Å². The first-order chi connectivity index (χ1) is 9.79. The molecule has 0 aromatic carbocycles. The van der Waals surface area contributed by atoms with E-state index in [-0.39, 0.29) is 5.54 Å². The third kappa shape index (κ3) is 4.05. The normalized spacial score (nSPS) is 24.5. The van der Waals surface area contributed by atoms with Crippen molar-refractivity contribution in [3.63, 3.8) is 0 Å². The Morgan fingerprint density at radius 3 is 2.43 bits per heavy atom. The number of rotatable bonds is 5. The van der Waals surface area contributed by atoms with Gasteiger partial charge in [0, 0.05) is 43.0 Å². The summed E-state index contributed by atoms with van der Waals surface area (Å²) >= 11 is 0. The standard InChI is InChI=1S/C16H30N4O/c1-11-8-20(9-12(2)21-11)16(5,6)10-17-7-15-13(3)18-19-14(15)4/h11-12,17H,7-10H2,1-6H3,(H,18,19). The smallest absolute Gasteiger partial charge is 0.0678 e. The van der Waals surface area contributed by atoms with Gasteiger partial charge in [-0.25, -0.2) is 0 Å². The number of aromatic nitrogens is 2. The van der Waals surface area contributed by atoms with Crippen LogP contribution in [0.4, 0.5) is 0 Å². The maximum atomic E-state index is 5.83. The minimum atomic E-state index is 0.123. The lowest BCUT2D eigenvalue weighted by atomic mass is 10.00. The molecule has 2 unspecified atom stereocenters. The molecule has 1 aliphatic heterocycles. The van der Waals surface area contributed by atoms with E-state index in [1.54, 1.807) is 0 Å². The van der Waals surface area contributed by atoms with Gasteiger partial charge in [0.05, 0.1) is 17.9 Å². The Balaban J connectivity index is 1.89. The highest BCUT2D eigenvalue weighted by Crippen LogP contribution is 2.21. The van der Waals surface area contributed by atoms with Crippen molar-refractivity contribution in [1.82, 2.24) is 20.4 Å². The van der Waals surface area contributed by atoms with E-state index in [2.05, 4.69) is 62.0 Å². The Morgan fingerprint density at radius 1 is 1.29 bits per heavy atom. The lowest BCUT2D eigenvalue weighted by Crippen LogP contribution is -2.58. The monoisotopic (exact) mass is 294 g/mol. The Kier molecular flexibility index (Phi) is 5.07. The first-order valence-corrected chi connectivity index (χ1v) is 7.91. The fourth-order valence-electron chi connectivity index (χ4n) is 3.11. The van der Waals surface area contributed by atoms with Gasteiger partial charge >= 0.3 is 0 Å². The summed E-state index contributed by atoms with van der Waals surface area (Å²) in [6.07, 6.45) is 0.623. The van der Waals surface area contributed by atoms with E-state index in [1.807, 2.05) is 0 Å². The second-order valence-corrected chi connectivity index (χ2v) is 6.99. The highest BCUT2D eigenvalue weighted by atomic mass is 16.5. The second kappa shape index (κ2) is 6.46. The van der Waals surface area contributed by atoms with Crippen molar-refractivity contribution >= 4 is 0 Å². The summed E-state index contributed by atoms with van der Waals surface area (Å²) in [5.41, 5.74) is 3.66. The van der Waals surface area contributed by atoms with E-state index in [0.717, 1.165) is 37.6 Å². The molecule has 0 radical (unpaired) electrons. The molecule has 0 spiro atoms. The number of morpholine rings is 1. The largest absolute Gasteiger partial charge is 0.373 e. The number of hydrogen-bond donors (Lipinski definition) is 2. The topological polar surface area (TPSA) is 53.2 Å². The molecule has 1 aromatic heterocycles. The lowest BCUT2D eigenvalue weighted by Gasteiger charge is -2.45. The van der Waals surface area contributed by atoms with Crippen LogP contribution in [0.3, 0.4) is 0 Å². The minimum absolute atomic E-state index is 0.123. The molecule has 2 N–H and O–H groups in total. The molecule has 2 heterocycles. The molecule has 2 atom stereocenters. The first-order valence-electron chi connectivity index (χ1n) is 7.91. The van der Waals surface area contributed by atoms with Gasteiger partial charge in [0.2, 0.25) is 0 Å². The molecule has 5 nitrogen and oxygen atoms in total. The van der Waals surface area contributed by atoms with Gasteiger partial charge in [0.1, 0.15) is 0 Å². The van der Waals surface area contributed by atoms with Crippen molar-refractivity contribution in [2.24, 2.45) is 0 Å². The quantitative estimate of drug-likeness (QED) is 0.872. The van der Waals surface area contributed by atoms with Gasteiger partial charge < -0.3 is 10.1 Å². The van der Waals surface area contributed by atoms with Crippen molar-refractivity contribution in [3.8, 4) is 0 Å². The van der Waals surface area contributed by atoms with Gasteiger partial charge in [-0.3, -0.25) is 10.00 Å². The summed E-state index contributed by atoms with van der Waals surface area (Å²) in [5.74, 6) is 0. The summed E-state index contributed by atoms with van der Waals surface area (Å²) < 4.78 is 5.83. The van der Waals surface area contributed by atoms with Crippen LogP contribution >= 0.6 is 0 Å². The van der Waals surface area contributed by atoms with Crippen molar-refractivity contribution in [1.29, 1.82) is 0 Å². The highest BCUT2D eigenvalue weighted by Gasteiger charge is 2.32. The van der Waals surface area contributed by atoms with E-state index in [9.17, 15) is 0 Å². The molecule has 1 aromatic rings. The van der Waals surface area contributed by atoms with Gasteiger partial charge in [0.25, 0.3) is 0 Å². The molecule has 1 fully saturated rings. The molecule has 5 heteroatoms. The van der Waals surface area contributed by atoms with E-state index >= 15 is 0 Å². The number of aromatic amines is 1. The maximum absolute atomic E-state index is 5.83. The molecule has 120 valence electrons. The van der Waals surface area contributed by atoms with E-state index in [4.69, 9.17) is 4.74 Å². The van der Waals surface area contributed by atoms with Gasteiger partial charge in [-0.15, -0.1) is 0 Å². The van der Waals surface area contributed by atoms with E-state index in [0.29, 0.717) is 12.2 Å². The predicted octanol–water partition coefficient (Wildman–Crippen LogP) is 2.00. The third-order valence-electron chi connectivity index (χ3n) is 4.42. The van der Waals surface area contributed by atoms with Crippen LogP contribution in [0.5, 0.6) is 0 Å². The molecule has 1 aliphatic rings. The predicted molar refractivity (Wildman–Crippen MR) is 85.4 cm³/mol. The molecule has 0 saturated carbocycles. The minimum Gasteiger partial charge on any atom is -0.373 e. The second-order valence-electron chi connectivity index (χ2n) is 6.99. The molecule has 2 rings (SSSR count). The van der Waals surface area contributed by atoms with Crippen molar-refractivity contribution in [2.75, 3.05) is 19.6 Å². The van der Waals surface area contributed by atoms with Gasteiger partial charge in [-0.1, -0.05) is 0 Å². The van der Waals surface area contributed by atoms with Crippen LogP contribution < -0.4 is 5.32 Å². The van der Waals surface area contributed by atoms with Crippen LogP contribution in [0.2, 0.25) is 0 Å². The number of ether oxygens (including phenoxy) is 1. The average Bonchev–Trinajstić information content (AvgIpc) is 2.69. The molecule has 0 bridgehead atoms. The van der Waals surface area contributed by atoms with Crippen LogP contribution in [0.25, 0.3) is 0 Å². The Bertz CT molecular complexity index is 439. The molecular formula is C16H30N4O. The zero-order chi connectivity index (χ0) is 15.6. The number of hydrogen-bond acceptors (Lipinski definition) is 4. The van der Waals surface area contributed by atoms with Crippen LogP contribution in [0.1, 0.15) is 44.6 Å². The molecular weight excluding hydrogens is 264 g/mol. The molecule has 21 heavy (non-hydrogen) atoms. The number of H-pyrrole nitrogens is 1. The number of nitrogens with one attached hydrogen (secondary N) is 2. The summed E-state index contributed by atoms with van der Waals surface area (Å²) in [7, 11) is 0. The number of nitrogens with zero attached hydrogens (tertiary/aromatic N) is 2. The molecule has 1 saturated heterocycles. The van der Waals surface area contributed by atoms with Gasteiger partial charge in [-0.2, -0.15) is 5.10 Å². The molecule has 0 amide bonds. The fourth-order valence-corrected chi connectivity index (χ4v) is 3.11. The lowest BCUT2D eigenvalue weighted by molar-refractivity contribution is -0.0952. The summed E-state index contributed by atoms with van der Waals surface area (Å²) in [4.78, 5) is 2.54. The Hall–Kier alpha value is -0.910. The fraction of sp³-hybridized carbons (Fsp3) is 0.812. The molecule has 0 aliphatic carbocycles. The zero-order valence-corrected chi connectivity index (χ0v) is 14.3.